The van der Waals surface area contributed by atoms with E-state index in [9.17, 15) is 13.2 Å². The zero-order valence-electron chi connectivity index (χ0n) is 15.9. The van der Waals surface area contributed by atoms with Gasteiger partial charge in [-0.25, -0.2) is 13.1 Å². The molecule has 0 aromatic heterocycles. The van der Waals surface area contributed by atoms with E-state index < -0.39 is 10.0 Å². The first-order chi connectivity index (χ1) is 13.3. The zero-order chi connectivity index (χ0) is 20.1. The van der Waals surface area contributed by atoms with Crippen LogP contribution in [-0.2, 0) is 19.6 Å². The minimum Gasteiger partial charge on any atom is -0.483 e. The van der Waals surface area contributed by atoms with Crippen LogP contribution in [0.3, 0.4) is 0 Å². The Morgan fingerprint density at radius 2 is 1.96 bits per heavy atom. The summed E-state index contributed by atoms with van der Waals surface area (Å²) in [5, 5.41) is 3.46. The lowest BCUT2D eigenvalue weighted by molar-refractivity contribution is -0.123. The first-order valence-electron chi connectivity index (χ1n) is 9.60. The van der Waals surface area contributed by atoms with Gasteiger partial charge in [-0.15, -0.1) is 0 Å². The summed E-state index contributed by atoms with van der Waals surface area (Å²) in [6.45, 7) is 0.492. The molecule has 0 saturated heterocycles. The quantitative estimate of drug-likeness (QED) is 0.766. The molecule has 156 valence electrons. The van der Waals surface area contributed by atoms with Crippen LogP contribution < -0.4 is 14.8 Å². The van der Waals surface area contributed by atoms with Gasteiger partial charge in [0.15, 0.2) is 6.61 Å². The smallest absolute Gasteiger partial charge is 0.257 e. The van der Waals surface area contributed by atoms with Crippen molar-refractivity contribution in [3.05, 3.63) is 28.8 Å². The number of hydrogen-bond acceptors (Lipinski definition) is 5. The van der Waals surface area contributed by atoms with Crippen molar-refractivity contribution in [3.8, 4) is 5.75 Å². The Balaban J connectivity index is 1.76. The number of hydrogen-bond donors (Lipinski definition) is 2. The molecule has 3 aliphatic rings. The van der Waals surface area contributed by atoms with Gasteiger partial charge in [-0.05, 0) is 50.2 Å². The average Bonchev–Trinajstić information content (AvgIpc) is 2.64. The third-order valence-electron chi connectivity index (χ3n) is 5.20. The van der Waals surface area contributed by atoms with Crippen molar-refractivity contribution in [2.75, 3.05) is 26.0 Å². The van der Waals surface area contributed by atoms with Gasteiger partial charge in [0.25, 0.3) is 5.91 Å². The summed E-state index contributed by atoms with van der Waals surface area (Å²) in [6, 6.07) is 5.54. The van der Waals surface area contributed by atoms with Gasteiger partial charge in [0, 0.05) is 23.7 Å². The van der Waals surface area contributed by atoms with Gasteiger partial charge in [-0.1, -0.05) is 17.7 Å². The number of carbonyl (C=O) groups is 1. The highest BCUT2D eigenvalue weighted by molar-refractivity contribution is 7.88. The fraction of sp³-hybridized carbons (Fsp3) is 0.632. The Morgan fingerprint density at radius 1 is 1.21 bits per heavy atom. The van der Waals surface area contributed by atoms with Crippen LogP contribution >= 0.6 is 11.6 Å². The van der Waals surface area contributed by atoms with Crippen LogP contribution in [0.25, 0.3) is 0 Å². The van der Waals surface area contributed by atoms with Crippen LogP contribution in [-0.4, -0.2) is 52.5 Å². The molecule has 1 amide bonds. The number of fused-ring (bicyclic) bond motifs is 9. The largest absolute Gasteiger partial charge is 0.483 e. The van der Waals surface area contributed by atoms with E-state index in [0.717, 1.165) is 37.5 Å². The molecule has 28 heavy (non-hydrogen) atoms. The van der Waals surface area contributed by atoms with E-state index in [1.54, 1.807) is 0 Å². The second kappa shape index (κ2) is 9.43. The van der Waals surface area contributed by atoms with Gasteiger partial charge in [-0.2, -0.15) is 0 Å². The number of ether oxygens (including phenoxy) is 2. The summed E-state index contributed by atoms with van der Waals surface area (Å²) in [5.41, 5.74) is 0.961. The summed E-state index contributed by atoms with van der Waals surface area (Å²) in [4.78, 5) is 12.1. The third kappa shape index (κ3) is 6.07. The van der Waals surface area contributed by atoms with E-state index in [1.165, 1.54) is 0 Å². The molecule has 0 radical (unpaired) electrons. The lowest BCUT2D eigenvalue weighted by atomic mass is 9.82. The first kappa shape index (κ1) is 21.4. The molecule has 2 heterocycles. The van der Waals surface area contributed by atoms with Crippen molar-refractivity contribution in [3.63, 3.8) is 0 Å². The Hall–Kier alpha value is -1.35. The van der Waals surface area contributed by atoms with Gasteiger partial charge in [0.1, 0.15) is 5.75 Å². The molecular weight excluding hydrogens is 404 g/mol. The second-order valence-electron chi connectivity index (χ2n) is 7.43. The minimum absolute atomic E-state index is 0.0631. The second-order valence-corrected chi connectivity index (χ2v) is 9.67. The minimum atomic E-state index is -3.30. The Labute approximate surface area is 171 Å². The van der Waals surface area contributed by atoms with E-state index in [4.69, 9.17) is 21.1 Å². The van der Waals surface area contributed by atoms with Gasteiger partial charge in [0.2, 0.25) is 10.0 Å². The molecule has 1 saturated carbocycles. The lowest BCUT2D eigenvalue weighted by Gasteiger charge is -2.33. The molecule has 2 N–H and O–H groups in total. The zero-order valence-corrected chi connectivity index (χ0v) is 17.5. The number of amides is 1. The fourth-order valence-electron chi connectivity index (χ4n) is 3.83. The predicted molar refractivity (Wildman–Crippen MR) is 107 cm³/mol. The van der Waals surface area contributed by atoms with Crippen molar-refractivity contribution < 1.29 is 22.7 Å². The molecule has 2 aliphatic heterocycles. The Morgan fingerprint density at radius 3 is 2.68 bits per heavy atom. The van der Waals surface area contributed by atoms with Crippen LogP contribution in [0.5, 0.6) is 5.75 Å². The van der Waals surface area contributed by atoms with Gasteiger partial charge >= 0.3 is 0 Å². The number of carbonyl (C=O) groups excluding carboxylic acids is 1. The maximum atomic E-state index is 12.1. The van der Waals surface area contributed by atoms with Crippen molar-refractivity contribution >= 4 is 27.5 Å². The summed E-state index contributed by atoms with van der Waals surface area (Å²) in [5.74, 6) is 0.685. The first-order valence-corrected chi connectivity index (χ1v) is 11.9. The Kier molecular flexibility index (Phi) is 7.20. The SMILES string of the molecule is CS(=O)(=O)NCC1CCNC(=O)COc2cccc(Cl)c2C2CCC(CC2)O1. The lowest BCUT2D eigenvalue weighted by Crippen LogP contribution is -2.39. The highest BCUT2D eigenvalue weighted by Crippen LogP contribution is 2.42. The monoisotopic (exact) mass is 430 g/mol. The van der Waals surface area contributed by atoms with E-state index >= 15 is 0 Å². The normalized spacial score (nSPS) is 26.6. The van der Waals surface area contributed by atoms with Crippen molar-refractivity contribution in [2.24, 2.45) is 0 Å². The standard InChI is InChI=1S/C19H27ClN2O5S/c1-28(24,25)22-11-15-9-10-21-18(23)12-26-17-4-2-3-16(20)19(17)13-5-7-14(27-15)8-6-13/h2-4,13-15,22H,5-12H2,1H3,(H,21,23). The highest BCUT2D eigenvalue weighted by Gasteiger charge is 2.29. The number of sulfonamides is 1. The summed E-state index contributed by atoms with van der Waals surface area (Å²) < 4.78 is 37.3. The summed E-state index contributed by atoms with van der Waals surface area (Å²) >= 11 is 6.45. The van der Waals surface area contributed by atoms with Gasteiger partial charge in [0.05, 0.1) is 18.5 Å². The molecule has 1 aliphatic carbocycles. The maximum absolute atomic E-state index is 12.1. The van der Waals surface area contributed by atoms with Crippen LogP contribution in [0.4, 0.5) is 0 Å². The maximum Gasteiger partial charge on any atom is 0.257 e. The summed E-state index contributed by atoms with van der Waals surface area (Å²) in [7, 11) is -3.30. The average molecular weight is 431 g/mol. The molecule has 7 nitrogen and oxygen atoms in total. The van der Waals surface area contributed by atoms with Crippen molar-refractivity contribution in [1.29, 1.82) is 0 Å². The third-order valence-corrected chi connectivity index (χ3v) is 6.22. The van der Waals surface area contributed by atoms with Crippen LogP contribution in [0, 0.1) is 0 Å². The van der Waals surface area contributed by atoms with Crippen molar-refractivity contribution in [2.45, 2.75) is 50.2 Å². The number of benzene rings is 1. The highest BCUT2D eigenvalue weighted by atomic mass is 35.5. The van der Waals surface area contributed by atoms with E-state index in [0.29, 0.717) is 23.7 Å². The number of nitrogens with one attached hydrogen (secondary N) is 2. The van der Waals surface area contributed by atoms with Crippen LogP contribution in [0.1, 0.15) is 43.6 Å². The van der Waals surface area contributed by atoms with E-state index in [-0.39, 0.29) is 37.2 Å². The molecule has 1 atom stereocenters. The fourth-order valence-corrected chi connectivity index (χ4v) is 4.64. The van der Waals surface area contributed by atoms with Gasteiger partial charge in [-0.3, -0.25) is 4.79 Å². The molecule has 1 aromatic carbocycles. The molecule has 1 aromatic rings. The van der Waals surface area contributed by atoms with Crippen molar-refractivity contribution in [1.82, 2.24) is 10.0 Å². The number of halogens is 1. The summed E-state index contributed by atoms with van der Waals surface area (Å²) in [6.07, 6.45) is 4.97. The molecule has 1 unspecified atom stereocenters. The van der Waals surface area contributed by atoms with E-state index in [2.05, 4.69) is 10.0 Å². The van der Waals surface area contributed by atoms with Crippen LogP contribution in [0.2, 0.25) is 5.02 Å². The molecule has 4 rings (SSSR count). The molecule has 0 spiro atoms. The number of rotatable bonds is 3. The molecule has 1 fully saturated rings. The topological polar surface area (TPSA) is 93.7 Å². The predicted octanol–water partition coefficient (Wildman–Crippen LogP) is 2.20. The molecular formula is C19H27ClN2O5S. The molecule has 9 heteroatoms. The molecule has 2 bridgehead atoms. The van der Waals surface area contributed by atoms with E-state index in [1.807, 2.05) is 18.2 Å². The Bertz CT molecular complexity index is 794. The van der Waals surface area contributed by atoms with Gasteiger partial charge < -0.3 is 14.8 Å². The van der Waals surface area contributed by atoms with Crippen LogP contribution in [0.15, 0.2) is 18.2 Å².